The van der Waals surface area contributed by atoms with E-state index in [4.69, 9.17) is 0 Å². The Hall–Kier alpha value is -2.41. The molecule has 0 aliphatic heterocycles. The molecular formula is C15H14FNO4S. The third kappa shape index (κ3) is 4.56. The molecule has 116 valence electrons. The molecule has 0 bridgehead atoms. The monoisotopic (exact) mass is 323 g/mol. The van der Waals surface area contributed by atoms with Gasteiger partial charge in [-0.25, -0.2) is 0 Å². The zero-order chi connectivity index (χ0) is 16.2. The zero-order valence-corrected chi connectivity index (χ0v) is 12.5. The average Bonchev–Trinajstić information content (AvgIpc) is 2.48. The molecule has 0 aliphatic rings. The summed E-state index contributed by atoms with van der Waals surface area (Å²) in [6, 6.07) is 14.6. The Balaban J connectivity index is 2.03. The Morgan fingerprint density at radius 1 is 1.09 bits per heavy atom. The number of carbonyl (C=O) groups excluding carboxylic acids is 1. The number of rotatable bonds is 5. The normalized spacial score (nSPS) is 12.5. The minimum Gasteiger partial charge on any atom is -0.358 e. The summed E-state index contributed by atoms with van der Waals surface area (Å²) < 4.78 is 37.1. The molecular weight excluding hydrogens is 309 g/mol. The third-order valence-corrected chi connectivity index (χ3v) is 3.40. The van der Waals surface area contributed by atoms with Gasteiger partial charge in [-0.2, -0.15) is 8.42 Å². The Labute approximate surface area is 128 Å². The fraction of sp³-hybridized carbons (Fsp3) is 0.133. The largest absolute Gasteiger partial charge is 0.488 e. The summed E-state index contributed by atoms with van der Waals surface area (Å²) >= 11 is 0. The number of nitrogens with one attached hydrogen (secondary N) is 1. The summed E-state index contributed by atoms with van der Waals surface area (Å²) in [5, 5.41) is 2.69. The Morgan fingerprint density at radius 3 is 2.23 bits per heavy atom. The van der Waals surface area contributed by atoms with Gasteiger partial charge >= 0.3 is 10.5 Å². The summed E-state index contributed by atoms with van der Waals surface area (Å²) in [5.74, 6) is -0.724. The number of carbonyl (C=O) groups is 1. The summed E-state index contributed by atoms with van der Waals surface area (Å²) in [7, 11) is -5.05. The molecule has 1 amide bonds. The van der Waals surface area contributed by atoms with Gasteiger partial charge in [0, 0.05) is 5.69 Å². The molecule has 0 saturated carbocycles. The molecule has 1 N–H and O–H groups in total. The van der Waals surface area contributed by atoms with Crippen LogP contribution in [0.2, 0.25) is 0 Å². The maximum Gasteiger partial charge on any atom is 0.488 e. The molecule has 5 nitrogen and oxygen atoms in total. The maximum absolute atomic E-state index is 12.4. The lowest BCUT2D eigenvalue weighted by molar-refractivity contribution is -0.117. The SMILES string of the molecule is CC(C(=O)Nc1ccc(OS(=O)(=O)F)cc1)c1ccccc1. The van der Waals surface area contributed by atoms with Gasteiger partial charge in [-0.1, -0.05) is 34.2 Å². The summed E-state index contributed by atoms with van der Waals surface area (Å²) in [5.41, 5.74) is 1.33. The second kappa shape index (κ2) is 6.57. The summed E-state index contributed by atoms with van der Waals surface area (Å²) in [4.78, 5) is 12.1. The van der Waals surface area contributed by atoms with Crippen LogP contribution in [-0.4, -0.2) is 14.3 Å². The van der Waals surface area contributed by atoms with E-state index < -0.39 is 10.5 Å². The topological polar surface area (TPSA) is 72.5 Å². The Morgan fingerprint density at radius 2 is 1.68 bits per heavy atom. The zero-order valence-electron chi connectivity index (χ0n) is 11.7. The standard InChI is InChI=1S/C15H14FNO4S/c1-11(12-5-3-2-4-6-12)15(18)17-13-7-9-14(10-8-13)21-22(16,19)20/h2-11H,1H3,(H,17,18). The van der Waals surface area contributed by atoms with Crippen LogP contribution in [0, 0.1) is 0 Å². The van der Waals surface area contributed by atoms with Gasteiger partial charge in [0.15, 0.2) is 0 Å². The lowest BCUT2D eigenvalue weighted by Crippen LogP contribution is -2.18. The van der Waals surface area contributed by atoms with Gasteiger partial charge in [-0.3, -0.25) is 4.79 Å². The molecule has 1 atom stereocenters. The van der Waals surface area contributed by atoms with Crippen LogP contribution in [0.4, 0.5) is 9.57 Å². The van der Waals surface area contributed by atoms with Crippen molar-refractivity contribution >= 4 is 22.1 Å². The molecule has 0 radical (unpaired) electrons. The number of hydrogen-bond donors (Lipinski definition) is 1. The van der Waals surface area contributed by atoms with Crippen molar-refractivity contribution in [2.75, 3.05) is 5.32 Å². The highest BCUT2D eigenvalue weighted by Crippen LogP contribution is 2.20. The highest BCUT2D eigenvalue weighted by atomic mass is 32.3. The Bertz CT molecular complexity index is 745. The first-order valence-corrected chi connectivity index (χ1v) is 7.76. The molecule has 0 saturated heterocycles. The van der Waals surface area contributed by atoms with Crippen molar-refractivity contribution in [1.82, 2.24) is 0 Å². The highest BCUT2D eigenvalue weighted by Gasteiger charge is 2.15. The van der Waals surface area contributed by atoms with E-state index in [0.717, 1.165) is 5.56 Å². The number of benzene rings is 2. The van der Waals surface area contributed by atoms with Crippen LogP contribution in [0.25, 0.3) is 0 Å². The van der Waals surface area contributed by atoms with Gasteiger partial charge in [-0.15, -0.1) is 0 Å². The highest BCUT2D eigenvalue weighted by molar-refractivity contribution is 7.81. The number of halogens is 1. The molecule has 0 heterocycles. The van der Waals surface area contributed by atoms with Crippen LogP contribution < -0.4 is 9.50 Å². The fourth-order valence-electron chi connectivity index (χ4n) is 1.85. The van der Waals surface area contributed by atoms with Crippen LogP contribution in [0.5, 0.6) is 5.75 Å². The molecule has 22 heavy (non-hydrogen) atoms. The van der Waals surface area contributed by atoms with Gasteiger partial charge in [0.2, 0.25) is 5.91 Å². The van der Waals surface area contributed by atoms with Crippen LogP contribution in [-0.2, 0) is 15.3 Å². The van der Waals surface area contributed by atoms with Gasteiger partial charge < -0.3 is 9.50 Å². The average molecular weight is 323 g/mol. The molecule has 0 aliphatic carbocycles. The first-order valence-electron chi connectivity index (χ1n) is 6.45. The van der Waals surface area contributed by atoms with Crippen molar-refractivity contribution in [2.24, 2.45) is 0 Å². The van der Waals surface area contributed by atoms with Crippen molar-refractivity contribution in [1.29, 1.82) is 0 Å². The predicted molar refractivity (Wildman–Crippen MR) is 80.6 cm³/mol. The van der Waals surface area contributed by atoms with E-state index in [1.54, 1.807) is 6.92 Å². The quantitative estimate of drug-likeness (QED) is 0.859. The summed E-state index contributed by atoms with van der Waals surface area (Å²) in [6.07, 6.45) is 0. The number of amides is 1. The molecule has 0 fully saturated rings. The molecule has 7 heteroatoms. The third-order valence-electron chi connectivity index (χ3n) is 3.01. The van der Waals surface area contributed by atoms with Crippen molar-refractivity contribution in [3.05, 3.63) is 60.2 Å². The number of anilines is 1. The van der Waals surface area contributed by atoms with Crippen LogP contribution in [0.3, 0.4) is 0 Å². The van der Waals surface area contributed by atoms with Gasteiger partial charge in [0.05, 0.1) is 5.92 Å². The van der Waals surface area contributed by atoms with E-state index >= 15 is 0 Å². The molecule has 2 rings (SSSR count). The first-order chi connectivity index (χ1) is 10.3. The van der Waals surface area contributed by atoms with Gasteiger partial charge in [0.25, 0.3) is 0 Å². The van der Waals surface area contributed by atoms with Crippen LogP contribution >= 0.6 is 0 Å². The van der Waals surface area contributed by atoms with Crippen molar-refractivity contribution < 1.29 is 21.3 Å². The first kappa shape index (κ1) is 16.0. The minimum absolute atomic E-state index is 0.170. The predicted octanol–water partition coefficient (Wildman–Crippen LogP) is 3.02. The van der Waals surface area contributed by atoms with Crippen molar-refractivity contribution in [3.8, 4) is 5.75 Å². The molecule has 0 aromatic heterocycles. The minimum atomic E-state index is -5.05. The second-order valence-electron chi connectivity index (χ2n) is 4.62. The van der Waals surface area contributed by atoms with E-state index in [-0.39, 0.29) is 17.6 Å². The van der Waals surface area contributed by atoms with Crippen molar-refractivity contribution in [2.45, 2.75) is 12.8 Å². The smallest absolute Gasteiger partial charge is 0.358 e. The van der Waals surface area contributed by atoms with Gasteiger partial charge in [0.1, 0.15) is 5.75 Å². The Kier molecular flexibility index (Phi) is 4.77. The maximum atomic E-state index is 12.4. The fourth-order valence-corrected chi connectivity index (χ4v) is 2.19. The van der Waals surface area contributed by atoms with E-state index in [1.165, 1.54) is 24.3 Å². The summed E-state index contributed by atoms with van der Waals surface area (Å²) in [6.45, 7) is 1.78. The van der Waals surface area contributed by atoms with Crippen molar-refractivity contribution in [3.63, 3.8) is 0 Å². The van der Waals surface area contributed by atoms with Crippen LogP contribution in [0.1, 0.15) is 18.4 Å². The molecule has 1 unspecified atom stereocenters. The molecule has 2 aromatic carbocycles. The van der Waals surface area contributed by atoms with Crippen LogP contribution in [0.15, 0.2) is 54.6 Å². The van der Waals surface area contributed by atoms with Gasteiger partial charge in [-0.05, 0) is 36.8 Å². The van der Waals surface area contributed by atoms with E-state index in [9.17, 15) is 17.1 Å². The molecule has 2 aromatic rings. The van der Waals surface area contributed by atoms with E-state index in [1.807, 2.05) is 30.3 Å². The molecule has 0 spiro atoms. The van der Waals surface area contributed by atoms with E-state index in [2.05, 4.69) is 9.50 Å². The second-order valence-corrected chi connectivity index (χ2v) is 5.58. The number of hydrogen-bond acceptors (Lipinski definition) is 4. The lowest BCUT2D eigenvalue weighted by Gasteiger charge is -2.12. The lowest BCUT2D eigenvalue weighted by atomic mass is 10.0. The van der Waals surface area contributed by atoms with E-state index in [0.29, 0.717) is 5.69 Å².